The fourth-order valence-corrected chi connectivity index (χ4v) is 4.05. The fraction of sp³-hybridized carbons (Fsp3) is 0.440. The average molecular weight is 438 g/mol. The first-order valence-electron chi connectivity index (χ1n) is 11.4. The van der Waals surface area contributed by atoms with E-state index in [2.05, 4.69) is 22.3 Å². The van der Waals surface area contributed by atoms with Gasteiger partial charge in [0, 0.05) is 32.6 Å². The molecule has 2 amide bonds. The van der Waals surface area contributed by atoms with E-state index in [1.807, 2.05) is 47.4 Å². The number of ether oxygens (including phenoxy) is 2. The SMILES string of the molecule is O=C(CN1CCN(C(=O)CCCc2ccccc2)CC1)NCC1COc2ccccc2O1. The number of nitrogens with one attached hydrogen (secondary N) is 1. The minimum atomic E-state index is -0.195. The van der Waals surface area contributed by atoms with Crippen molar-refractivity contribution < 1.29 is 19.1 Å². The van der Waals surface area contributed by atoms with Crippen molar-refractivity contribution in [2.24, 2.45) is 0 Å². The Bertz CT molecular complexity index is 897. The second-order valence-corrected chi connectivity index (χ2v) is 8.30. The molecule has 170 valence electrons. The van der Waals surface area contributed by atoms with Gasteiger partial charge < -0.3 is 19.7 Å². The van der Waals surface area contributed by atoms with Crippen LogP contribution in [-0.2, 0) is 16.0 Å². The predicted molar refractivity (Wildman–Crippen MR) is 122 cm³/mol. The molecular weight excluding hydrogens is 406 g/mol. The summed E-state index contributed by atoms with van der Waals surface area (Å²) >= 11 is 0. The monoisotopic (exact) mass is 437 g/mol. The summed E-state index contributed by atoms with van der Waals surface area (Å²) in [7, 11) is 0. The summed E-state index contributed by atoms with van der Waals surface area (Å²) in [5.41, 5.74) is 1.27. The Balaban J connectivity index is 1.11. The molecule has 1 unspecified atom stereocenters. The van der Waals surface area contributed by atoms with Crippen LogP contribution in [0.25, 0.3) is 0 Å². The van der Waals surface area contributed by atoms with Crippen molar-refractivity contribution in [1.82, 2.24) is 15.1 Å². The van der Waals surface area contributed by atoms with E-state index in [9.17, 15) is 9.59 Å². The molecule has 1 fully saturated rings. The van der Waals surface area contributed by atoms with E-state index in [1.165, 1.54) is 5.56 Å². The number of carbonyl (C=O) groups excluding carboxylic acids is 2. The van der Waals surface area contributed by atoms with Crippen LogP contribution in [0.4, 0.5) is 0 Å². The van der Waals surface area contributed by atoms with Gasteiger partial charge in [-0.05, 0) is 30.5 Å². The van der Waals surface area contributed by atoms with Gasteiger partial charge in [0.2, 0.25) is 11.8 Å². The standard InChI is InChI=1S/C25H31N3O4/c29-24(26-17-21-19-31-22-10-4-5-11-23(22)32-21)18-27-13-15-28(16-14-27)25(30)12-6-9-20-7-2-1-3-8-20/h1-5,7-8,10-11,21H,6,9,12-19H2,(H,26,29). The lowest BCUT2D eigenvalue weighted by atomic mass is 10.1. The first-order valence-corrected chi connectivity index (χ1v) is 11.4. The highest BCUT2D eigenvalue weighted by Gasteiger charge is 2.24. The maximum absolute atomic E-state index is 12.5. The fourth-order valence-electron chi connectivity index (χ4n) is 4.05. The van der Waals surface area contributed by atoms with Crippen molar-refractivity contribution in [2.75, 3.05) is 45.9 Å². The lowest BCUT2D eigenvalue weighted by Gasteiger charge is -2.34. The molecule has 1 saturated heterocycles. The molecule has 1 atom stereocenters. The molecule has 2 aliphatic rings. The number of rotatable bonds is 8. The maximum Gasteiger partial charge on any atom is 0.234 e. The molecule has 0 aliphatic carbocycles. The van der Waals surface area contributed by atoms with Gasteiger partial charge in [0.15, 0.2) is 11.5 Å². The zero-order valence-corrected chi connectivity index (χ0v) is 18.4. The number of fused-ring (bicyclic) bond motifs is 1. The van der Waals surface area contributed by atoms with Gasteiger partial charge in [0.25, 0.3) is 0 Å². The van der Waals surface area contributed by atoms with Gasteiger partial charge >= 0.3 is 0 Å². The third-order valence-electron chi connectivity index (χ3n) is 5.89. The molecule has 1 N–H and O–H groups in total. The smallest absolute Gasteiger partial charge is 0.234 e. The summed E-state index contributed by atoms with van der Waals surface area (Å²) in [6.45, 7) is 3.94. The highest BCUT2D eigenvalue weighted by atomic mass is 16.6. The number of hydrogen-bond donors (Lipinski definition) is 1. The molecule has 7 nitrogen and oxygen atoms in total. The van der Waals surface area contributed by atoms with E-state index < -0.39 is 0 Å². The number of benzene rings is 2. The van der Waals surface area contributed by atoms with Crippen molar-refractivity contribution in [3.8, 4) is 11.5 Å². The first-order chi connectivity index (χ1) is 15.7. The lowest BCUT2D eigenvalue weighted by Crippen LogP contribution is -2.51. The number of hydrogen-bond acceptors (Lipinski definition) is 5. The first kappa shape index (κ1) is 22.1. The van der Waals surface area contributed by atoms with E-state index in [4.69, 9.17) is 9.47 Å². The van der Waals surface area contributed by atoms with Crippen LogP contribution in [0.3, 0.4) is 0 Å². The zero-order valence-electron chi connectivity index (χ0n) is 18.4. The van der Waals surface area contributed by atoms with E-state index >= 15 is 0 Å². The lowest BCUT2D eigenvalue weighted by molar-refractivity contribution is -0.133. The Morgan fingerprint density at radius 1 is 0.938 bits per heavy atom. The molecule has 2 aromatic carbocycles. The molecule has 4 rings (SSSR count). The van der Waals surface area contributed by atoms with Crippen molar-refractivity contribution in [3.63, 3.8) is 0 Å². The van der Waals surface area contributed by atoms with Crippen LogP contribution in [0.15, 0.2) is 54.6 Å². The Morgan fingerprint density at radius 3 is 2.44 bits per heavy atom. The Morgan fingerprint density at radius 2 is 1.66 bits per heavy atom. The Hall–Kier alpha value is -3.06. The number of amides is 2. The van der Waals surface area contributed by atoms with Crippen LogP contribution >= 0.6 is 0 Å². The highest BCUT2D eigenvalue weighted by Crippen LogP contribution is 2.30. The number of nitrogens with zero attached hydrogens (tertiary/aromatic N) is 2. The summed E-state index contributed by atoms with van der Waals surface area (Å²) < 4.78 is 11.6. The van der Waals surface area contributed by atoms with Gasteiger partial charge in [-0.15, -0.1) is 0 Å². The quantitative estimate of drug-likeness (QED) is 0.685. The summed E-state index contributed by atoms with van der Waals surface area (Å²) in [5.74, 6) is 1.62. The van der Waals surface area contributed by atoms with Crippen LogP contribution < -0.4 is 14.8 Å². The third-order valence-corrected chi connectivity index (χ3v) is 5.89. The number of para-hydroxylation sites is 2. The Kier molecular flexibility index (Phi) is 7.61. The minimum Gasteiger partial charge on any atom is -0.486 e. The van der Waals surface area contributed by atoms with E-state index in [-0.39, 0.29) is 17.9 Å². The molecule has 32 heavy (non-hydrogen) atoms. The third kappa shape index (κ3) is 6.23. The normalized spacial score (nSPS) is 18.2. The maximum atomic E-state index is 12.5. The summed E-state index contributed by atoms with van der Waals surface area (Å²) in [4.78, 5) is 28.9. The molecule has 2 aliphatic heterocycles. The van der Waals surface area contributed by atoms with Crippen LogP contribution in [0.1, 0.15) is 18.4 Å². The second-order valence-electron chi connectivity index (χ2n) is 8.30. The Labute approximate surface area is 189 Å². The van der Waals surface area contributed by atoms with E-state index in [0.717, 1.165) is 18.6 Å². The van der Waals surface area contributed by atoms with E-state index in [1.54, 1.807) is 0 Å². The average Bonchev–Trinajstić information content (AvgIpc) is 2.83. The molecular formula is C25H31N3O4. The van der Waals surface area contributed by atoms with Crippen molar-refractivity contribution in [1.29, 1.82) is 0 Å². The predicted octanol–water partition coefficient (Wildman–Crippen LogP) is 2.11. The van der Waals surface area contributed by atoms with Crippen molar-refractivity contribution in [3.05, 3.63) is 60.2 Å². The van der Waals surface area contributed by atoms with Crippen LogP contribution in [0.5, 0.6) is 11.5 Å². The van der Waals surface area contributed by atoms with Crippen LogP contribution in [0.2, 0.25) is 0 Å². The van der Waals surface area contributed by atoms with Crippen LogP contribution in [0, 0.1) is 0 Å². The summed E-state index contributed by atoms with van der Waals surface area (Å²) in [6, 6.07) is 17.8. The number of aryl methyl sites for hydroxylation is 1. The van der Waals surface area contributed by atoms with Crippen molar-refractivity contribution >= 4 is 11.8 Å². The van der Waals surface area contributed by atoms with Gasteiger partial charge in [-0.3, -0.25) is 14.5 Å². The highest BCUT2D eigenvalue weighted by molar-refractivity contribution is 5.78. The molecule has 0 saturated carbocycles. The summed E-state index contributed by atoms with van der Waals surface area (Å²) in [6.07, 6.45) is 2.16. The van der Waals surface area contributed by atoms with Gasteiger partial charge in [-0.1, -0.05) is 42.5 Å². The van der Waals surface area contributed by atoms with Gasteiger partial charge in [0.1, 0.15) is 12.7 Å². The summed E-state index contributed by atoms with van der Waals surface area (Å²) in [5, 5.41) is 2.94. The topological polar surface area (TPSA) is 71.1 Å². The second kappa shape index (κ2) is 11.0. The van der Waals surface area contributed by atoms with Gasteiger partial charge in [-0.2, -0.15) is 0 Å². The molecule has 0 spiro atoms. The molecule has 0 aromatic heterocycles. The molecule has 7 heteroatoms. The molecule has 2 heterocycles. The minimum absolute atomic E-state index is 0.0323. The molecule has 0 bridgehead atoms. The van der Waals surface area contributed by atoms with Crippen molar-refractivity contribution in [2.45, 2.75) is 25.4 Å². The molecule has 0 radical (unpaired) electrons. The largest absolute Gasteiger partial charge is 0.486 e. The zero-order chi connectivity index (χ0) is 22.2. The van der Waals surface area contributed by atoms with Gasteiger partial charge in [-0.25, -0.2) is 0 Å². The molecule has 2 aromatic rings. The number of piperazine rings is 1. The van der Waals surface area contributed by atoms with E-state index in [0.29, 0.717) is 58.0 Å². The van der Waals surface area contributed by atoms with Crippen LogP contribution in [-0.4, -0.2) is 73.6 Å². The number of carbonyl (C=O) groups is 2. The van der Waals surface area contributed by atoms with Gasteiger partial charge in [0.05, 0.1) is 13.1 Å².